The molecule has 18 heavy (non-hydrogen) atoms. The molecule has 0 aliphatic carbocycles. The smallest absolute Gasteiger partial charge is 0.335 e. The fourth-order valence-corrected chi connectivity index (χ4v) is 1.52. The predicted molar refractivity (Wildman–Crippen MR) is 65.0 cm³/mol. The van der Waals surface area contributed by atoms with Crippen LogP contribution in [0.15, 0.2) is 30.5 Å². The van der Waals surface area contributed by atoms with Crippen LogP contribution >= 0.6 is 0 Å². The van der Waals surface area contributed by atoms with Gasteiger partial charge in [-0.3, -0.25) is 0 Å². The minimum absolute atomic E-state index is 0.248. The second kappa shape index (κ2) is 4.83. The molecule has 5 nitrogen and oxygen atoms in total. The summed E-state index contributed by atoms with van der Waals surface area (Å²) in [7, 11) is 0. The van der Waals surface area contributed by atoms with Crippen LogP contribution in [0.1, 0.15) is 21.6 Å². The number of nitrogens with zero attached hydrogens (tertiary/aromatic N) is 2. The van der Waals surface area contributed by atoms with Crippen molar-refractivity contribution in [2.45, 2.75) is 13.8 Å². The predicted octanol–water partition coefficient (Wildman–Crippen LogP) is 2.58. The van der Waals surface area contributed by atoms with Crippen molar-refractivity contribution in [1.29, 1.82) is 0 Å². The molecule has 0 radical (unpaired) electrons. The molecule has 0 spiro atoms. The zero-order chi connectivity index (χ0) is 13.1. The minimum Gasteiger partial charge on any atom is -0.478 e. The van der Waals surface area contributed by atoms with Gasteiger partial charge in [-0.05, 0) is 43.7 Å². The Bertz CT molecular complexity index is 597. The normalized spacial score (nSPS) is 10.1. The highest BCUT2D eigenvalue weighted by Crippen LogP contribution is 2.21. The third kappa shape index (κ3) is 2.63. The second-order valence-corrected chi connectivity index (χ2v) is 3.86. The fourth-order valence-electron chi connectivity index (χ4n) is 1.52. The molecule has 2 aromatic rings. The van der Waals surface area contributed by atoms with Gasteiger partial charge in [0.1, 0.15) is 5.75 Å². The van der Waals surface area contributed by atoms with Crippen LogP contribution in [0, 0.1) is 13.8 Å². The van der Waals surface area contributed by atoms with Crippen LogP contribution in [-0.4, -0.2) is 21.0 Å². The Morgan fingerprint density at radius 3 is 2.67 bits per heavy atom. The van der Waals surface area contributed by atoms with E-state index in [-0.39, 0.29) is 11.6 Å². The molecule has 1 aromatic carbocycles. The molecule has 1 N–H and O–H groups in total. The Hall–Kier alpha value is -2.43. The van der Waals surface area contributed by atoms with Gasteiger partial charge in [-0.2, -0.15) is 0 Å². The summed E-state index contributed by atoms with van der Waals surface area (Å²) in [5.41, 5.74) is 1.69. The van der Waals surface area contributed by atoms with Gasteiger partial charge >= 0.3 is 12.0 Å². The number of carbonyl (C=O) groups is 1. The molecular formula is C13H12N2O3. The molecule has 0 aliphatic rings. The van der Waals surface area contributed by atoms with Crippen LogP contribution in [0.5, 0.6) is 11.8 Å². The molecule has 0 atom stereocenters. The van der Waals surface area contributed by atoms with Crippen LogP contribution in [0.2, 0.25) is 0 Å². The van der Waals surface area contributed by atoms with Gasteiger partial charge < -0.3 is 9.84 Å². The molecule has 0 saturated carbocycles. The summed E-state index contributed by atoms with van der Waals surface area (Å²) in [6.45, 7) is 3.56. The van der Waals surface area contributed by atoms with Crippen molar-refractivity contribution in [2.24, 2.45) is 0 Å². The average Bonchev–Trinajstić information content (AvgIpc) is 2.28. The molecule has 92 valence electrons. The van der Waals surface area contributed by atoms with Crippen LogP contribution in [0.3, 0.4) is 0 Å². The molecule has 0 fully saturated rings. The monoisotopic (exact) mass is 244 g/mol. The third-order valence-corrected chi connectivity index (χ3v) is 2.41. The first-order valence-electron chi connectivity index (χ1n) is 5.38. The zero-order valence-corrected chi connectivity index (χ0v) is 10.0. The van der Waals surface area contributed by atoms with Crippen LogP contribution in [-0.2, 0) is 0 Å². The second-order valence-electron chi connectivity index (χ2n) is 3.86. The van der Waals surface area contributed by atoms with Crippen LogP contribution < -0.4 is 4.74 Å². The van der Waals surface area contributed by atoms with Crippen molar-refractivity contribution in [3.63, 3.8) is 0 Å². The standard InChI is InChI=1S/C13H12N2O3/c1-8-7-10(3-4-11(8)12(16)17)18-13-14-6-5-9(2)15-13/h3-7H,1-2H3,(H,16,17). The quantitative estimate of drug-likeness (QED) is 0.898. The Morgan fingerprint density at radius 2 is 2.06 bits per heavy atom. The molecule has 1 heterocycles. The van der Waals surface area contributed by atoms with Gasteiger partial charge in [-0.15, -0.1) is 0 Å². The number of aromatic carboxylic acids is 1. The number of benzene rings is 1. The summed E-state index contributed by atoms with van der Waals surface area (Å²) < 4.78 is 5.46. The van der Waals surface area contributed by atoms with Crippen molar-refractivity contribution in [1.82, 2.24) is 9.97 Å². The molecule has 0 amide bonds. The number of aromatic nitrogens is 2. The summed E-state index contributed by atoms with van der Waals surface area (Å²) in [4.78, 5) is 18.9. The lowest BCUT2D eigenvalue weighted by Gasteiger charge is -2.06. The molecule has 1 aromatic heterocycles. The third-order valence-electron chi connectivity index (χ3n) is 2.41. The molecular weight excluding hydrogens is 232 g/mol. The maximum Gasteiger partial charge on any atom is 0.335 e. The highest BCUT2D eigenvalue weighted by atomic mass is 16.5. The molecule has 0 aliphatic heterocycles. The van der Waals surface area contributed by atoms with Gasteiger partial charge in [0.05, 0.1) is 5.56 Å². The summed E-state index contributed by atoms with van der Waals surface area (Å²) in [6, 6.07) is 6.75. The maximum atomic E-state index is 10.9. The van der Waals surface area contributed by atoms with Crippen molar-refractivity contribution in [2.75, 3.05) is 0 Å². The van der Waals surface area contributed by atoms with E-state index in [0.29, 0.717) is 11.3 Å². The van der Waals surface area contributed by atoms with E-state index >= 15 is 0 Å². The summed E-state index contributed by atoms with van der Waals surface area (Å²) >= 11 is 0. The number of ether oxygens (including phenoxy) is 1. The molecule has 5 heteroatoms. The van der Waals surface area contributed by atoms with Crippen LogP contribution in [0.25, 0.3) is 0 Å². The highest BCUT2D eigenvalue weighted by Gasteiger charge is 2.08. The van der Waals surface area contributed by atoms with Gasteiger partial charge in [0.2, 0.25) is 0 Å². The first-order valence-corrected chi connectivity index (χ1v) is 5.38. The molecule has 0 unspecified atom stereocenters. The van der Waals surface area contributed by atoms with E-state index in [9.17, 15) is 4.79 Å². The van der Waals surface area contributed by atoms with Gasteiger partial charge in [0, 0.05) is 11.9 Å². The number of hydrogen-bond acceptors (Lipinski definition) is 4. The Kier molecular flexibility index (Phi) is 3.23. The largest absolute Gasteiger partial charge is 0.478 e. The number of aryl methyl sites for hydroxylation is 2. The Morgan fingerprint density at radius 1 is 1.28 bits per heavy atom. The Balaban J connectivity index is 2.25. The minimum atomic E-state index is -0.953. The summed E-state index contributed by atoms with van der Waals surface area (Å²) in [5, 5.41) is 8.92. The molecule has 0 bridgehead atoms. The first-order chi connectivity index (χ1) is 8.56. The average molecular weight is 244 g/mol. The van der Waals surface area contributed by atoms with Crippen molar-refractivity contribution in [3.05, 3.63) is 47.3 Å². The summed E-state index contributed by atoms with van der Waals surface area (Å²) in [5.74, 6) is -0.436. The number of carboxylic acids is 1. The lowest BCUT2D eigenvalue weighted by atomic mass is 10.1. The van der Waals surface area contributed by atoms with Crippen molar-refractivity contribution in [3.8, 4) is 11.8 Å². The highest BCUT2D eigenvalue weighted by molar-refractivity contribution is 5.89. The topological polar surface area (TPSA) is 72.3 Å². The van der Waals surface area contributed by atoms with Gasteiger partial charge in [-0.25, -0.2) is 14.8 Å². The number of carboxylic acid groups (broad SMARTS) is 1. The van der Waals surface area contributed by atoms with Crippen molar-refractivity contribution < 1.29 is 14.6 Å². The lowest BCUT2D eigenvalue weighted by molar-refractivity contribution is 0.0696. The van der Waals surface area contributed by atoms with Crippen molar-refractivity contribution >= 4 is 5.97 Å². The van der Waals surface area contributed by atoms with E-state index < -0.39 is 5.97 Å². The zero-order valence-electron chi connectivity index (χ0n) is 10.0. The fraction of sp³-hybridized carbons (Fsp3) is 0.154. The van der Waals surface area contributed by atoms with Gasteiger partial charge in [0.15, 0.2) is 0 Å². The van der Waals surface area contributed by atoms with E-state index in [0.717, 1.165) is 5.69 Å². The van der Waals surface area contributed by atoms with E-state index in [2.05, 4.69) is 9.97 Å². The van der Waals surface area contributed by atoms with Gasteiger partial charge in [-0.1, -0.05) is 0 Å². The van der Waals surface area contributed by atoms with Gasteiger partial charge in [0.25, 0.3) is 0 Å². The number of hydrogen-bond donors (Lipinski definition) is 1. The maximum absolute atomic E-state index is 10.9. The van der Waals surface area contributed by atoms with Crippen LogP contribution in [0.4, 0.5) is 0 Å². The van der Waals surface area contributed by atoms with E-state index in [1.54, 1.807) is 31.3 Å². The van der Waals surface area contributed by atoms with E-state index in [1.165, 1.54) is 6.07 Å². The number of rotatable bonds is 3. The Labute approximate surface area is 104 Å². The van der Waals surface area contributed by atoms with E-state index in [1.807, 2.05) is 6.92 Å². The SMILES string of the molecule is Cc1ccnc(Oc2ccc(C(=O)O)c(C)c2)n1. The molecule has 0 saturated heterocycles. The lowest BCUT2D eigenvalue weighted by Crippen LogP contribution is -2.00. The van der Waals surface area contributed by atoms with E-state index in [4.69, 9.17) is 9.84 Å². The summed E-state index contributed by atoms with van der Waals surface area (Å²) in [6.07, 6.45) is 1.61. The molecule has 2 rings (SSSR count). The first kappa shape index (κ1) is 12.0.